The zero-order valence-corrected chi connectivity index (χ0v) is 48.7. The van der Waals surface area contributed by atoms with Gasteiger partial charge >= 0.3 is 5.97 Å². The summed E-state index contributed by atoms with van der Waals surface area (Å²) in [6.07, 6.45) is 76.6. The second-order valence-corrected chi connectivity index (χ2v) is 22.5. The maximum absolute atomic E-state index is 12.5. The van der Waals surface area contributed by atoms with Gasteiger partial charge in [-0.3, -0.25) is 9.59 Å². The van der Waals surface area contributed by atoms with E-state index in [0.29, 0.717) is 19.4 Å². The summed E-state index contributed by atoms with van der Waals surface area (Å²) in [5.41, 5.74) is 0. The Kier molecular flexibility index (Phi) is 60.5. The van der Waals surface area contributed by atoms with E-state index in [1.807, 2.05) is 6.08 Å². The van der Waals surface area contributed by atoms with Crippen LogP contribution < -0.4 is 5.32 Å². The Morgan fingerprint density at radius 1 is 0.375 bits per heavy atom. The van der Waals surface area contributed by atoms with Crippen LogP contribution >= 0.6 is 0 Å². The van der Waals surface area contributed by atoms with Crippen LogP contribution in [0.4, 0.5) is 0 Å². The van der Waals surface area contributed by atoms with Crippen LogP contribution in [-0.4, -0.2) is 47.4 Å². The van der Waals surface area contributed by atoms with Crippen molar-refractivity contribution in [1.29, 1.82) is 0 Å². The Labute approximate surface area is 450 Å². The summed E-state index contributed by atoms with van der Waals surface area (Å²) in [5, 5.41) is 23.2. The summed E-state index contributed by atoms with van der Waals surface area (Å²) < 4.78 is 5.47. The molecule has 0 aromatic carbocycles. The molecule has 0 aromatic rings. The Hall–Kier alpha value is -1.66. The van der Waals surface area contributed by atoms with Gasteiger partial charge in [0.25, 0.3) is 0 Å². The fourth-order valence-electron chi connectivity index (χ4n) is 10.2. The largest absolute Gasteiger partial charge is 0.466 e. The molecule has 72 heavy (non-hydrogen) atoms. The highest BCUT2D eigenvalue weighted by Gasteiger charge is 2.18. The van der Waals surface area contributed by atoms with Gasteiger partial charge < -0.3 is 20.3 Å². The van der Waals surface area contributed by atoms with Crippen molar-refractivity contribution in [3.8, 4) is 0 Å². The van der Waals surface area contributed by atoms with Crippen molar-refractivity contribution in [3.05, 3.63) is 24.3 Å². The van der Waals surface area contributed by atoms with Crippen LogP contribution in [0.2, 0.25) is 0 Å². The van der Waals surface area contributed by atoms with E-state index in [-0.39, 0.29) is 18.5 Å². The highest BCUT2D eigenvalue weighted by atomic mass is 16.5. The van der Waals surface area contributed by atoms with Crippen LogP contribution in [-0.2, 0) is 14.3 Å². The maximum Gasteiger partial charge on any atom is 0.305 e. The minimum Gasteiger partial charge on any atom is -0.466 e. The van der Waals surface area contributed by atoms with Gasteiger partial charge in [0.2, 0.25) is 5.91 Å². The molecule has 0 radical (unpaired) electrons. The zero-order valence-electron chi connectivity index (χ0n) is 48.7. The molecule has 0 fully saturated rings. The average molecular weight is 1010 g/mol. The Balaban J connectivity index is 3.47. The predicted octanol–water partition coefficient (Wildman–Crippen LogP) is 20.6. The summed E-state index contributed by atoms with van der Waals surface area (Å²) in [4.78, 5) is 24.5. The molecule has 0 aliphatic heterocycles. The van der Waals surface area contributed by atoms with Crippen LogP contribution in [0.3, 0.4) is 0 Å². The van der Waals surface area contributed by atoms with E-state index < -0.39 is 12.1 Å². The maximum atomic E-state index is 12.5. The van der Waals surface area contributed by atoms with Crippen LogP contribution in [0, 0.1) is 0 Å². The summed E-state index contributed by atoms with van der Waals surface area (Å²) in [6.45, 7) is 4.92. The highest BCUT2D eigenvalue weighted by molar-refractivity contribution is 5.76. The van der Waals surface area contributed by atoms with Crippen LogP contribution in [0.5, 0.6) is 0 Å². The second-order valence-electron chi connectivity index (χ2n) is 22.5. The lowest BCUT2D eigenvalue weighted by Gasteiger charge is -2.20. The first-order valence-electron chi connectivity index (χ1n) is 32.6. The molecule has 2 atom stereocenters. The molecule has 0 aliphatic carbocycles. The number of rotatable bonds is 61. The van der Waals surface area contributed by atoms with Crippen molar-refractivity contribution in [2.75, 3.05) is 13.2 Å². The van der Waals surface area contributed by atoms with Crippen LogP contribution in [0.25, 0.3) is 0 Å². The summed E-state index contributed by atoms with van der Waals surface area (Å²) in [5.74, 6) is -0.0749. The van der Waals surface area contributed by atoms with Gasteiger partial charge in [-0.2, -0.15) is 0 Å². The van der Waals surface area contributed by atoms with Gasteiger partial charge in [0.1, 0.15) is 0 Å². The van der Waals surface area contributed by atoms with Crippen molar-refractivity contribution in [2.45, 2.75) is 373 Å². The molecule has 0 aromatic heterocycles. The fourth-order valence-corrected chi connectivity index (χ4v) is 10.2. The average Bonchev–Trinajstić information content (AvgIpc) is 3.38. The third-order valence-electron chi connectivity index (χ3n) is 15.2. The molecule has 0 rings (SSSR count). The minimum atomic E-state index is -0.854. The lowest BCUT2D eigenvalue weighted by Crippen LogP contribution is -2.45. The van der Waals surface area contributed by atoms with Crippen molar-refractivity contribution in [3.63, 3.8) is 0 Å². The number of hydrogen-bond acceptors (Lipinski definition) is 5. The lowest BCUT2D eigenvalue weighted by molar-refractivity contribution is -0.143. The Morgan fingerprint density at radius 3 is 0.986 bits per heavy atom. The molecule has 2 unspecified atom stereocenters. The minimum absolute atomic E-state index is 0.00351. The second kappa shape index (κ2) is 61.9. The molecule has 3 N–H and O–H groups in total. The number of amides is 1. The predicted molar refractivity (Wildman–Crippen MR) is 315 cm³/mol. The third-order valence-corrected chi connectivity index (χ3v) is 15.2. The first-order valence-corrected chi connectivity index (χ1v) is 32.6. The first kappa shape index (κ1) is 70.3. The lowest BCUT2D eigenvalue weighted by atomic mass is 10.0. The Morgan fingerprint density at radius 2 is 0.653 bits per heavy atom. The molecular formula is C66H127NO5. The van der Waals surface area contributed by atoms with E-state index >= 15 is 0 Å². The number of aliphatic hydroxyl groups is 2. The van der Waals surface area contributed by atoms with E-state index in [9.17, 15) is 19.8 Å². The number of carbonyl (C=O) groups is 2. The van der Waals surface area contributed by atoms with Crippen molar-refractivity contribution >= 4 is 11.9 Å². The molecule has 6 heteroatoms. The number of allylic oxidation sites excluding steroid dienone is 3. The van der Waals surface area contributed by atoms with Gasteiger partial charge in [0.15, 0.2) is 0 Å². The number of esters is 1. The molecule has 6 nitrogen and oxygen atoms in total. The fraction of sp³-hybridized carbons (Fsp3) is 0.909. The number of aliphatic hydroxyl groups excluding tert-OH is 2. The van der Waals surface area contributed by atoms with Crippen molar-refractivity contribution < 1.29 is 24.5 Å². The van der Waals surface area contributed by atoms with E-state index in [2.05, 4.69) is 31.3 Å². The molecule has 0 heterocycles. The number of unbranched alkanes of at least 4 members (excludes halogenated alkanes) is 48. The Bertz CT molecular complexity index is 1120. The van der Waals surface area contributed by atoms with Gasteiger partial charge in [-0.15, -0.1) is 0 Å². The summed E-state index contributed by atoms with van der Waals surface area (Å²) in [6, 6.07) is -0.639. The number of carbonyl (C=O) groups excluding carboxylic acids is 2. The van der Waals surface area contributed by atoms with E-state index in [0.717, 1.165) is 57.8 Å². The normalized spacial score (nSPS) is 12.7. The van der Waals surface area contributed by atoms with Gasteiger partial charge in [-0.1, -0.05) is 314 Å². The van der Waals surface area contributed by atoms with Crippen molar-refractivity contribution in [2.24, 2.45) is 0 Å². The summed E-state index contributed by atoms with van der Waals surface area (Å²) >= 11 is 0. The molecule has 0 aliphatic rings. The van der Waals surface area contributed by atoms with E-state index in [1.54, 1.807) is 6.08 Å². The third kappa shape index (κ3) is 57.6. The van der Waals surface area contributed by atoms with Gasteiger partial charge in [0.05, 0.1) is 25.4 Å². The molecule has 0 bridgehead atoms. The standard InChI is InChI=1S/C66H127NO5/c1-3-5-7-9-11-13-15-17-18-19-20-21-22-23-24-25-26-29-32-35-38-42-46-50-54-58-64(69)63(62-68)67-65(70)59-55-51-47-43-39-36-33-30-27-28-31-34-37-41-45-49-53-57-61-72-66(71)60-56-52-48-44-40-16-14-12-10-8-6-4-2/h30,33,54,58,63-64,68-69H,3-29,31-32,34-53,55-57,59-62H2,1-2H3,(H,67,70)/b33-30-,58-54+. The molecule has 426 valence electrons. The molecule has 0 spiro atoms. The number of ether oxygens (including phenoxy) is 1. The number of nitrogens with one attached hydrogen (secondary N) is 1. The van der Waals surface area contributed by atoms with Crippen LogP contribution in [0.15, 0.2) is 24.3 Å². The monoisotopic (exact) mass is 1010 g/mol. The smallest absolute Gasteiger partial charge is 0.305 e. The van der Waals surface area contributed by atoms with Gasteiger partial charge in [-0.05, 0) is 57.8 Å². The molecule has 0 saturated heterocycles. The van der Waals surface area contributed by atoms with Gasteiger partial charge in [0, 0.05) is 12.8 Å². The molecule has 0 saturated carbocycles. The van der Waals surface area contributed by atoms with Crippen molar-refractivity contribution in [1.82, 2.24) is 5.32 Å². The van der Waals surface area contributed by atoms with Crippen LogP contribution in [0.1, 0.15) is 361 Å². The summed E-state index contributed by atoms with van der Waals surface area (Å²) in [7, 11) is 0. The molecule has 1 amide bonds. The number of hydrogen-bond donors (Lipinski definition) is 3. The zero-order chi connectivity index (χ0) is 52.2. The quantitative estimate of drug-likeness (QED) is 0.0320. The molecular weight excluding hydrogens is 887 g/mol. The van der Waals surface area contributed by atoms with E-state index in [1.165, 1.54) is 276 Å². The highest BCUT2D eigenvalue weighted by Crippen LogP contribution is 2.18. The topological polar surface area (TPSA) is 95.9 Å². The van der Waals surface area contributed by atoms with Gasteiger partial charge in [-0.25, -0.2) is 0 Å². The first-order chi connectivity index (χ1) is 35.5. The van der Waals surface area contributed by atoms with E-state index in [4.69, 9.17) is 4.74 Å². The SMILES string of the molecule is CCCCCCCCCCCCCCCCCCCCCCCCC/C=C/C(O)C(CO)NC(=O)CCCCCCC/C=C\CCCCCCCCCCCOC(=O)CCCCCCCCCCCCCC.